The number of benzene rings is 1. The lowest BCUT2D eigenvalue weighted by Gasteiger charge is -2.35. The van der Waals surface area contributed by atoms with Gasteiger partial charge >= 0.3 is 0 Å². The van der Waals surface area contributed by atoms with Gasteiger partial charge in [0.25, 0.3) is 0 Å². The van der Waals surface area contributed by atoms with Crippen LogP contribution in [0.4, 0.5) is 8.78 Å². The summed E-state index contributed by atoms with van der Waals surface area (Å²) in [5, 5.41) is 11.5. The Labute approximate surface area is 183 Å². The van der Waals surface area contributed by atoms with Gasteiger partial charge in [-0.25, -0.2) is 8.78 Å². The molecule has 0 radical (unpaired) electrons. The molecule has 0 spiro atoms. The maximum absolute atomic E-state index is 11.9. The molecule has 0 bridgehead atoms. The largest absolute Gasteiger partial charge is 0.337 e. The SMILES string of the molecule is CC.CC(=N)SC1(NC(C)=O)CCCCC2=C1C=CCC=C2.Fc1ccc(F)cc1. The lowest BCUT2D eigenvalue weighted by atomic mass is 9.98. The summed E-state index contributed by atoms with van der Waals surface area (Å²) < 4.78 is 23.8. The van der Waals surface area contributed by atoms with Crippen LogP contribution in [-0.4, -0.2) is 15.8 Å². The third kappa shape index (κ3) is 8.27. The van der Waals surface area contributed by atoms with Crippen LogP contribution in [0.15, 0.2) is 59.7 Å². The van der Waals surface area contributed by atoms with E-state index in [1.807, 2.05) is 13.8 Å². The Morgan fingerprint density at radius 2 is 1.60 bits per heavy atom. The van der Waals surface area contributed by atoms with Crippen molar-refractivity contribution in [2.45, 2.75) is 64.7 Å². The summed E-state index contributed by atoms with van der Waals surface area (Å²) in [6.07, 6.45) is 13.7. The molecule has 1 aromatic carbocycles. The van der Waals surface area contributed by atoms with Gasteiger partial charge < -0.3 is 5.32 Å². The summed E-state index contributed by atoms with van der Waals surface area (Å²) in [5.41, 5.74) is 2.48. The van der Waals surface area contributed by atoms with Gasteiger partial charge in [0.1, 0.15) is 16.5 Å². The third-order valence-corrected chi connectivity index (χ3v) is 5.57. The molecule has 3 rings (SSSR count). The molecule has 0 heterocycles. The zero-order valence-corrected chi connectivity index (χ0v) is 19.0. The molecule has 2 aliphatic carbocycles. The molecule has 0 aliphatic heterocycles. The van der Waals surface area contributed by atoms with Crippen LogP contribution in [0.25, 0.3) is 0 Å². The van der Waals surface area contributed by atoms with Crippen LogP contribution < -0.4 is 5.32 Å². The van der Waals surface area contributed by atoms with E-state index in [9.17, 15) is 13.6 Å². The average Bonchev–Trinajstić information content (AvgIpc) is 3.02. The molecular weight excluding hydrogens is 402 g/mol. The van der Waals surface area contributed by atoms with Crippen LogP contribution >= 0.6 is 11.8 Å². The number of halogens is 2. The van der Waals surface area contributed by atoms with Crippen molar-refractivity contribution in [2.24, 2.45) is 0 Å². The van der Waals surface area contributed by atoms with Crippen molar-refractivity contribution >= 4 is 22.7 Å². The van der Waals surface area contributed by atoms with Crippen LogP contribution in [0.5, 0.6) is 0 Å². The number of rotatable bonds is 2. The first-order valence-electron chi connectivity index (χ1n) is 10.3. The molecule has 1 unspecified atom stereocenters. The minimum atomic E-state index is -0.477. The molecule has 30 heavy (non-hydrogen) atoms. The molecule has 0 saturated carbocycles. The van der Waals surface area contributed by atoms with Gasteiger partial charge in [0.2, 0.25) is 5.91 Å². The Hall–Kier alpha value is -2.21. The van der Waals surface area contributed by atoms with Gasteiger partial charge in [-0.15, -0.1) is 0 Å². The zero-order chi connectivity index (χ0) is 22.6. The van der Waals surface area contributed by atoms with Crippen LogP contribution in [0.1, 0.15) is 59.8 Å². The molecule has 1 aromatic rings. The van der Waals surface area contributed by atoms with Crippen molar-refractivity contribution in [3.63, 3.8) is 0 Å². The molecule has 0 fully saturated rings. The number of hydrogen-bond acceptors (Lipinski definition) is 3. The van der Waals surface area contributed by atoms with Crippen molar-refractivity contribution in [3.8, 4) is 0 Å². The molecule has 2 N–H and O–H groups in total. The number of hydrogen-bond donors (Lipinski definition) is 2. The summed E-state index contributed by atoms with van der Waals surface area (Å²) in [5.74, 6) is -0.855. The van der Waals surface area contributed by atoms with Gasteiger partial charge in [0.05, 0.1) is 5.04 Å². The van der Waals surface area contributed by atoms with Crippen LogP contribution in [0.2, 0.25) is 0 Å². The second-order valence-electron chi connectivity index (χ2n) is 6.79. The number of thioether (sulfide) groups is 1. The van der Waals surface area contributed by atoms with E-state index in [4.69, 9.17) is 5.41 Å². The molecule has 1 amide bonds. The Bertz CT molecular complexity index is 761. The quantitative estimate of drug-likeness (QED) is 0.301. The van der Waals surface area contributed by atoms with Crippen LogP contribution in [0.3, 0.4) is 0 Å². The highest BCUT2D eigenvalue weighted by Gasteiger charge is 2.38. The minimum Gasteiger partial charge on any atom is -0.337 e. The van der Waals surface area contributed by atoms with E-state index >= 15 is 0 Å². The standard InChI is InChI=1S/C16H22N2OS.C6H4F2.C2H6/c1-12(17)20-16(18-13(2)19)11-7-6-9-14-8-4-3-5-10-15(14)16;7-5-1-2-6(8)4-3-5;1-2/h4-5,8,10,17H,3,6-7,9,11H2,1-2H3,(H,18,19);1-4H;1-2H3. The highest BCUT2D eigenvalue weighted by atomic mass is 32.2. The fourth-order valence-electron chi connectivity index (χ4n) is 3.34. The Morgan fingerprint density at radius 3 is 2.13 bits per heavy atom. The van der Waals surface area contributed by atoms with Crippen LogP contribution in [0, 0.1) is 17.0 Å². The topological polar surface area (TPSA) is 53.0 Å². The van der Waals surface area contributed by atoms with Crippen molar-refractivity contribution in [3.05, 3.63) is 71.4 Å². The number of amides is 1. The van der Waals surface area contributed by atoms with E-state index in [0.29, 0.717) is 5.04 Å². The number of carbonyl (C=O) groups is 1. The van der Waals surface area contributed by atoms with Gasteiger partial charge in [-0.1, -0.05) is 49.9 Å². The average molecular weight is 435 g/mol. The van der Waals surface area contributed by atoms with Crippen molar-refractivity contribution < 1.29 is 13.6 Å². The fourth-order valence-corrected chi connectivity index (χ4v) is 4.62. The van der Waals surface area contributed by atoms with E-state index in [1.165, 1.54) is 22.9 Å². The first-order valence-corrected chi connectivity index (χ1v) is 11.1. The van der Waals surface area contributed by atoms with E-state index in [2.05, 4.69) is 29.6 Å². The Morgan fingerprint density at radius 1 is 1.03 bits per heavy atom. The molecule has 3 nitrogen and oxygen atoms in total. The highest BCUT2D eigenvalue weighted by Crippen LogP contribution is 2.42. The van der Waals surface area contributed by atoms with Gasteiger partial charge in [-0.2, -0.15) is 0 Å². The van der Waals surface area contributed by atoms with Gasteiger partial charge in [0.15, 0.2) is 0 Å². The molecule has 164 valence electrons. The zero-order valence-electron chi connectivity index (χ0n) is 18.2. The Balaban J connectivity index is 0.000000375. The van der Waals surface area contributed by atoms with Crippen LogP contribution in [-0.2, 0) is 4.79 Å². The predicted molar refractivity (Wildman–Crippen MR) is 124 cm³/mol. The molecule has 2 aliphatic rings. The van der Waals surface area contributed by atoms with E-state index < -0.39 is 16.5 Å². The second kappa shape index (κ2) is 13.2. The predicted octanol–water partition coefficient (Wildman–Crippen LogP) is 6.93. The number of nitrogens with one attached hydrogen (secondary N) is 2. The first-order chi connectivity index (χ1) is 14.3. The van der Waals surface area contributed by atoms with Gasteiger partial charge in [-0.3, -0.25) is 10.2 Å². The van der Waals surface area contributed by atoms with Gasteiger partial charge in [0, 0.05) is 6.92 Å². The molecular formula is C24H32F2N2OS. The summed E-state index contributed by atoms with van der Waals surface area (Å²) >= 11 is 1.47. The number of allylic oxidation sites excluding steroid dienone is 4. The number of carbonyl (C=O) groups excluding carboxylic acids is 1. The molecule has 0 aromatic heterocycles. The molecule has 0 saturated heterocycles. The fraction of sp³-hybridized carbons (Fsp3) is 0.417. The second-order valence-corrected chi connectivity index (χ2v) is 8.30. The smallest absolute Gasteiger partial charge is 0.218 e. The molecule has 6 heteroatoms. The normalized spacial score (nSPS) is 19.8. The van der Waals surface area contributed by atoms with E-state index in [-0.39, 0.29) is 5.91 Å². The highest BCUT2D eigenvalue weighted by molar-refractivity contribution is 8.15. The van der Waals surface area contributed by atoms with Gasteiger partial charge in [-0.05, 0) is 74.4 Å². The lowest BCUT2D eigenvalue weighted by Crippen LogP contribution is -2.46. The minimum absolute atomic E-state index is 0.0332. The monoisotopic (exact) mass is 434 g/mol. The van der Waals surface area contributed by atoms with E-state index in [1.54, 1.807) is 13.8 Å². The maximum atomic E-state index is 11.9. The maximum Gasteiger partial charge on any atom is 0.218 e. The summed E-state index contributed by atoms with van der Waals surface area (Å²) in [7, 11) is 0. The molecule has 1 atom stereocenters. The summed E-state index contributed by atoms with van der Waals surface area (Å²) in [6, 6.07) is 4.31. The van der Waals surface area contributed by atoms with Crippen molar-refractivity contribution in [1.82, 2.24) is 5.32 Å². The Kier molecular flexibility index (Phi) is 11.3. The lowest BCUT2D eigenvalue weighted by molar-refractivity contribution is -0.119. The van der Waals surface area contributed by atoms with E-state index in [0.717, 1.165) is 56.4 Å². The summed E-state index contributed by atoms with van der Waals surface area (Å²) in [6.45, 7) is 7.35. The summed E-state index contributed by atoms with van der Waals surface area (Å²) in [4.78, 5) is 11.2. The first kappa shape index (κ1) is 25.8. The van der Waals surface area contributed by atoms with Crippen molar-refractivity contribution in [1.29, 1.82) is 5.41 Å². The van der Waals surface area contributed by atoms with Crippen molar-refractivity contribution in [2.75, 3.05) is 0 Å². The third-order valence-electron chi connectivity index (χ3n) is 4.39.